The number of methoxy groups -OCH3 is 1. The van der Waals surface area contributed by atoms with Gasteiger partial charge >= 0.3 is 0 Å². The maximum atomic E-state index is 15.1. The van der Waals surface area contributed by atoms with E-state index in [0.29, 0.717) is 48.7 Å². The van der Waals surface area contributed by atoms with Crippen LogP contribution in [0.15, 0.2) is 59.7 Å². The van der Waals surface area contributed by atoms with E-state index in [1.54, 1.807) is 18.3 Å². The summed E-state index contributed by atoms with van der Waals surface area (Å²) in [5.74, 6) is 0.994. The highest BCUT2D eigenvalue weighted by molar-refractivity contribution is 6.16. The summed E-state index contributed by atoms with van der Waals surface area (Å²) in [4.78, 5) is 40.6. The lowest BCUT2D eigenvalue weighted by molar-refractivity contribution is -0.140. The Morgan fingerprint density at radius 1 is 1.05 bits per heavy atom. The second kappa shape index (κ2) is 13.0. The number of halogens is 1. The molecule has 44 heavy (non-hydrogen) atoms. The number of carbonyl (C=O) groups excluding carboxylic acids is 2. The first kappa shape index (κ1) is 30.1. The van der Waals surface area contributed by atoms with Gasteiger partial charge in [-0.1, -0.05) is 25.1 Å². The molecule has 1 aromatic heterocycles. The van der Waals surface area contributed by atoms with E-state index in [9.17, 15) is 9.59 Å². The van der Waals surface area contributed by atoms with E-state index in [1.807, 2.05) is 42.2 Å². The van der Waals surface area contributed by atoms with E-state index < -0.39 is 0 Å². The van der Waals surface area contributed by atoms with Gasteiger partial charge in [0.05, 0.1) is 25.4 Å². The van der Waals surface area contributed by atoms with E-state index in [4.69, 9.17) is 9.73 Å². The number of fused-ring (bicyclic) bond motifs is 1. The highest BCUT2D eigenvalue weighted by atomic mass is 19.1. The Morgan fingerprint density at radius 2 is 1.86 bits per heavy atom. The van der Waals surface area contributed by atoms with Crippen LogP contribution < -0.4 is 4.74 Å². The number of ether oxygens (including phenoxy) is 1. The van der Waals surface area contributed by atoms with E-state index >= 15 is 4.39 Å². The maximum Gasteiger partial charge on any atom is 0.239 e. The number of carbonyl (C=O) groups is 2. The van der Waals surface area contributed by atoms with Gasteiger partial charge in [0.15, 0.2) is 5.78 Å². The molecule has 0 spiro atoms. The second-order valence-corrected chi connectivity index (χ2v) is 12.7. The number of pyridine rings is 1. The number of aryl methyl sites for hydroxylation is 1. The fourth-order valence-corrected chi connectivity index (χ4v) is 6.95. The van der Waals surface area contributed by atoms with Crippen molar-refractivity contribution in [1.82, 2.24) is 14.8 Å². The molecule has 4 heterocycles. The number of aromatic nitrogens is 1. The molecule has 6 rings (SSSR count). The molecule has 7 nitrogen and oxygen atoms in total. The standard InChI is InChI=1S/C36H41FN4O3/c1-23-12-15-40(16-13-23)36(43)32-10-7-25(21-41(32)22-30-31(37)5-4-6-34(30)44-3)18-33(42)26-8-9-28-20-39-35(29(28)19-26)27-11-14-38-24(2)17-27/h4-6,8-9,11,14,17,19,23,25,32H,7,10,12-13,15-16,18,20-22H2,1-3H3/t25-,32-/m0/s1. The van der Waals surface area contributed by atoms with Crippen molar-refractivity contribution in [3.8, 4) is 5.75 Å². The minimum atomic E-state index is -0.347. The maximum absolute atomic E-state index is 15.1. The zero-order valence-corrected chi connectivity index (χ0v) is 25.9. The molecule has 0 N–H and O–H groups in total. The van der Waals surface area contributed by atoms with Crippen LogP contribution in [0.4, 0.5) is 4.39 Å². The van der Waals surface area contributed by atoms with Crippen molar-refractivity contribution in [3.63, 3.8) is 0 Å². The second-order valence-electron chi connectivity index (χ2n) is 12.7. The van der Waals surface area contributed by atoms with Crippen LogP contribution in [0, 0.1) is 24.6 Å². The average Bonchev–Trinajstić information content (AvgIpc) is 3.46. The zero-order chi connectivity index (χ0) is 30.8. The topological polar surface area (TPSA) is 75.1 Å². The zero-order valence-electron chi connectivity index (χ0n) is 25.9. The van der Waals surface area contributed by atoms with Crippen molar-refractivity contribution in [2.24, 2.45) is 16.8 Å². The monoisotopic (exact) mass is 596 g/mol. The molecule has 3 aliphatic heterocycles. The van der Waals surface area contributed by atoms with Crippen molar-refractivity contribution in [1.29, 1.82) is 0 Å². The van der Waals surface area contributed by atoms with Gasteiger partial charge in [-0.3, -0.25) is 24.5 Å². The van der Waals surface area contributed by atoms with Crippen molar-refractivity contribution in [2.75, 3.05) is 26.7 Å². The third-order valence-electron chi connectivity index (χ3n) is 9.56. The van der Waals surface area contributed by atoms with E-state index in [-0.39, 0.29) is 36.0 Å². The lowest BCUT2D eigenvalue weighted by Crippen LogP contribution is -2.54. The lowest BCUT2D eigenvalue weighted by atomic mass is 9.86. The van der Waals surface area contributed by atoms with Crippen LogP contribution in [0.1, 0.15) is 77.3 Å². The number of likely N-dealkylation sites (tertiary alicyclic amines) is 2. The van der Waals surface area contributed by atoms with Crippen LogP contribution in [-0.4, -0.2) is 65.0 Å². The SMILES string of the molecule is COc1cccc(F)c1CN1C[C@H](CC(=O)c2ccc3c(c2)C(c2ccnc(C)c2)=NC3)CC[C@H]1C(=O)N1CCC(C)CC1. The Labute approximate surface area is 259 Å². The van der Waals surface area contributed by atoms with E-state index in [2.05, 4.69) is 16.8 Å². The molecule has 2 atom stereocenters. The number of hydrogen-bond donors (Lipinski definition) is 0. The van der Waals surface area contributed by atoms with Gasteiger partial charge in [-0.2, -0.15) is 0 Å². The molecule has 0 radical (unpaired) electrons. The minimum Gasteiger partial charge on any atom is -0.496 e. The van der Waals surface area contributed by atoms with E-state index in [0.717, 1.165) is 60.4 Å². The van der Waals surface area contributed by atoms with E-state index in [1.165, 1.54) is 13.2 Å². The highest BCUT2D eigenvalue weighted by Gasteiger charge is 2.37. The number of Topliss-reactive ketones (excluding diaryl/α,β-unsaturated/α-hetero) is 1. The average molecular weight is 597 g/mol. The van der Waals surface area contributed by atoms with Crippen molar-refractivity contribution in [2.45, 2.75) is 65.1 Å². The molecular weight excluding hydrogens is 555 g/mol. The van der Waals surface area contributed by atoms with Crippen molar-refractivity contribution in [3.05, 3.63) is 94.1 Å². The molecule has 0 saturated carbocycles. The Morgan fingerprint density at radius 3 is 2.64 bits per heavy atom. The summed E-state index contributed by atoms with van der Waals surface area (Å²) in [5.41, 5.74) is 6.06. The van der Waals surface area contributed by atoms with Gasteiger partial charge in [0, 0.05) is 66.7 Å². The lowest BCUT2D eigenvalue weighted by Gasteiger charge is -2.42. The molecule has 8 heteroatoms. The van der Waals surface area contributed by atoms with Crippen LogP contribution in [0.3, 0.4) is 0 Å². The Hall–Kier alpha value is -3.91. The number of ketones is 1. The van der Waals surface area contributed by atoms with Crippen molar-refractivity contribution < 1.29 is 18.7 Å². The van der Waals surface area contributed by atoms with Crippen LogP contribution in [0.25, 0.3) is 0 Å². The number of rotatable bonds is 8. The third-order valence-corrected chi connectivity index (χ3v) is 9.56. The number of nitrogens with zero attached hydrogens (tertiary/aromatic N) is 4. The molecular formula is C36H41FN4O3. The summed E-state index contributed by atoms with van der Waals surface area (Å²) < 4.78 is 20.6. The van der Waals surface area contributed by atoms with Gasteiger partial charge in [-0.25, -0.2) is 4.39 Å². The van der Waals surface area contributed by atoms with Crippen LogP contribution in [0.5, 0.6) is 5.75 Å². The summed E-state index contributed by atoms with van der Waals surface area (Å²) in [6.45, 7) is 7.11. The van der Waals surface area contributed by atoms with Crippen LogP contribution in [0.2, 0.25) is 0 Å². The van der Waals surface area contributed by atoms with Gasteiger partial charge in [0.1, 0.15) is 11.6 Å². The first-order valence-electron chi connectivity index (χ1n) is 15.8. The number of benzene rings is 2. The summed E-state index contributed by atoms with van der Waals surface area (Å²) in [5, 5.41) is 0. The number of hydrogen-bond acceptors (Lipinski definition) is 6. The summed E-state index contributed by atoms with van der Waals surface area (Å²) in [6, 6.07) is 14.4. The van der Waals surface area contributed by atoms with Gasteiger partial charge < -0.3 is 9.64 Å². The highest BCUT2D eigenvalue weighted by Crippen LogP contribution is 2.33. The molecule has 2 aromatic carbocycles. The Kier molecular flexibility index (Phi) is 8.89. The molecule has 2 saturated heterocycles. The van der Waals surface area contributed by atoms with Crippen molar-refractivity contribution >= 4 is 17.4 Å². The predicted octanol–water partition coefficient (Wildman–Crippen LogP) is 6.00. The molecule has 1 amide bonds. The van der Waals surface area contributed by atoms with Gasteiger partial charge in [0.25, 0.3) is 0 Å². The summed E-state index contributed by atoms with van der Waals surface area (Å²) >= 11 is 0. The molecule has 2 fully saturated rings. The largest absolute Gasteiger partial charge is 0.496 e. The molecule has 230 valence electrons. The molecule has 0 aliphatic carbocycles. The van der Waals surface area contributed by atoms with Crippen LogP contribution in [-0.2, 0) is 17.9 Å². The number of piperidine rings is 2. The first-order chi connectivity index (χ1) is 21.3. The third kappa shape index (κ3) is 6.32. The number of amides is 1. The quantitative estimate of drug-likeness (QED) is 0.298. The van der Waals surface area contributed by atoms with Gasteiger partial charge in [-0.05, 0) is 80.3 Å². The fourth-order valence-electron chi connectivity index (χ4n) is 6.95. The molecule has 3 aromatic rings. The molecule has 0 unspecified atom stereocenters. The molecule has 0 bridgehead atoms. The Balaban J connectivity index is 1.20. The first-order valence-corrected chi connectivity index (χ1v) is 15.8. The fraction of sp³-hybridized carbons (Fsp3) is 0.444. The predicted molar refractivity (Wildman–Crippen MR) is 169 cm³/mol. The summed E-state index contributed by atoms with van der Waals surface area (Å²) in [6.07, 6.45) is 5.57. The minimum absolute atomic E-state index is 0.0509. The Bertz CT molecular complexity index is 1580. The summed E-state index contributed by atoms with van der Waals surface area (Å²) in [7, 11) is 1.54. The molecule has 3 aliphatic rings. The smallest absolute Gasteiger partial charge is 0.239 e. The normalized spacial score (nSPS) is 20.7. The number of aliphatic imine (C=N–C) groups is 1. The van der Waals surface area contributed by atoms with Gasteiger partial charge in [-0.15, -0.1) is 0 Å². The van der Waals surface area contributed by atoms with Crippen LogP contribution >= 0.6 is 0 Å². The van der Waals surface area contributed by atoms with Gasteiger partial charge in [0.2, 0.25) is 5.91 Å².